The summed E-state index contributed by atoms with van der Waals surface area (Å²) in [5.41, 5.74) is 0.407. The maximum atomic E-state index is 3.50. The molecule has 0 aromatic rings. The van der Waals surface area contributed by atoms with Gasteiger partial charge in [-0.1, -0.05) is 34.6 Å². The number of nitrogens with one attached hydrogen (secondary N) is 2. The molecule has 2 heteroatoms. The standard InChI is InChI=1S/C12H28N2/c1-6-7-13-8-9-14-10-12(4,5)11(2)3/h11,13-14H,6-10H2,1-5H3. The van der Waals surface area contributed by atoms with Crippen LogP contribution in [0.5, 0.6) is 0 Å². The van der Waals surface area contributed by atoms with Gasteiger partial charge in [-0.15, -0.1) is 0 Å². The summed E-state index contributed by atoms with van der Waals surface area (Å²) in [5, 5.41) is 6.89. The van der Waals surface area contributed by atoms with Gasteiger partial charge < -0.3 is 10.6 Å². The van der Waals surface area contributed by atoms with Crippen molar-refractivity contribution >= 4 is 0 Å². The molecule has 2 N–H and O–H groups in total. The zero-order valence-corrected chi connectivity index (χ0v) is 10.6. The summed E-state index contributed by atoms with van der Waals surface area (Å²) < 4.78 is 0. The average molecular weight is 200 g/mol. The van der Waals surface area contributed by atoms with E-state index < -0.39 is 0 Å². The second kappa shape index (κ2) is 7.24. The fourth-order valence-corrected chi connectivity index (χ4v) is 1.09. The van der Waals surface area contributed by atoms with Crippen LogP contribution in [0.3, 0.4) is 0 Å². The van der Waals surface area contributed by atoms with Crippen LogP contribution in [0.4, 0.5) is 0 Å². The van der Waals surface area contributed by atoms with Crippen LogP contribution in [0.1, 0.15) is 41.0 Å². The first-order valence-corrected chi connectivity index (χ1v) is 5.92. The van der Waals surface area contributed by atoms with Gasteiger partial charge in [-0.3, -0.25) is 0 Å². The molecule has 0 bridgehead atoms. The van der Waals surface area contributed by atoms with Crippen molar-refractivity contribution in [2.75, 3.05) is 26.2 Å². The van der Waals surface area contributed by atoms with Gasteiger partial charge in [0, 0.05) is 19.6 Å². The lowest BCUT2D eigenvalue weighted by molar-refractivity contribution is 0.239. The molecule has 0 saturated carbocycles. The molecule has 14 heavy (non-hydrogen) atoms. The van der Waals surface area contributed by atoms with Crippen molar-refractivity contribution in [1.82, 2.24) is 10.6 Å². The molecule has 0 aliphatic carbocycles. The van der Waals surface area contributed by atoms with E-state index in [4.69, 9.17) is 0 Å². The number of hydrogen-bond donors (Lipinski definition) is 2. The van der Waals surface area contributed by atoms with E-state index in [0.29, 0.717) is 5.41 Å². The zero-order valence-electron chi connectivity index (χ0n) is 10.6. The summed E-state index contributed by atoms with van der Waals surface area (Å²) >= 11 is 0. The van der Waals surface area contributed by atoms with Gasteiger partial charge in [0.1, 0.15) is 0 Å². The van der Waals surface area contributed by atoms with Crippen LogP contribution in [-0.4, -0.2) is 26.2 Å². The Morgan fingerprint density at radius 1 is 1.00 bits per heavy atom. The second-order valence-electron chi connectivity index (χ2n) is 5.07. The molecule has 0 amide bonds. The highest BCUT2D eigenvalue weighted by molar-refractivity contribution is 4.74. The highest BCUT2D eigenvalue weighted by Crippen LogP contribution is 2.24. The Hall–Kier alpha value is -0.0800. The minimum atomic E-state index is 0.407. The minimum absolute atomic E-state index is 0.407. The predicted molar refractivity (Wildman–Crippen MR) is 64.6 cm³/mol. The van der Waals surface area contributed by atoms with Crippen LogP contribution in [0.25, 0.3) is 0 Å². The second-order valence-corrected chi connectivity index (χ2v) is 5.07. The Labute approximate surface area is 89.9 Å². The Morgan fingerprint density at radius 3 is 2.07 bits per heavy atom. The molecule has 0 rings (SSSR count). The van der Waals surface area contributed by atoms with Crippen molar-refractivity contribution in [2.45, 2.75) is 41.0 Å². The lowest BCUT2D eigenvalue weighted by atomic mass is 9.81. The highest BCUT2D eigenvalue weighted by atomic mass is 14.9. The van der Waals surface area contributed by atoms with Crippen LogP contribution in [0, 0.1) is 11.3 Å². The smallest absolute Gasteiger partial charge is 0.00769 e. The third-order valence-corrected chi connectivity index (χ3v) is 3.05. The van der Waals surface area contributed by atoms with E-state index in [1.807, 2.05) is 0 Å². The molecule has 0 unspecified atom stereocenters. The van der Waals surface area contributed by atoms with Crippen LogP contribution in [-0.2, 0) is 0 Å². The summed E-state index contributed by atoms with van der Waals surface area (Å²) in [4.78, 5) is 0. The van der Waals surface area contributed by atoms with Crippen molar-refractivity contribution in [3.8, 4) is 0 Å². The van der Waals surface area contributed by atoms with E-state index >= 15 is 0 Å². The van der Waals surface area contributed by atoms with Crippen LogP contribution >= 0.6 is 0 Å². The van der Waals surface area contributed by atoms with Crippen molar-refractivity contribution in [2.24, 2.45) is 11.3 Å². The molecule has 0 heterocycles. The molecule has 0 atom stereocenters. The largest absolute Gasteiger partial charge is 0.315 e. The summed E-state index contributed by atoms with van der Waals surface area (Å²) in [6.07, 6.45) is 1.22. The predicted octanol–water partition coefficient (Wildman–Crippen LogP) is 2.26. The molecule has 2 nitrogen and oxygen atoms in total. The molecule has 0 spiro atoms. The van der Waals surface area contributed by atoms with Crippen molar-refractivity contribution in [1.29, 1.82) is 0 Å². The van der Waals surface area contributed by atoms with Gasteiger partial charge in [-0.2, -0.15) is 0 Å². The van der Waals surface area contributed by atoms with Crippen LogP contribution in [0.2, 0.25) is 0 Å². The summed E-state index contributed by atoms with van der Waals surface area (Å²) in [6.45, 7) is 15.8. The van der Waals surface area contributed by atoms with Gasteiger partial charge in [-0.25, -0.2) is 0 Å². The third kappa shape index (κ3) is 6.39. The van der Waals surface area contributed by atoms with Gasteiger partial charge in [0.05, 0.1) is 0 Å². The van der Waals surface area contributed by atoms with Gasteiger partial charge in [-0.05, 0) is 24.3 Å². The Kier molecular flexibility index (Phi) is 7.20. The molecule has 0 saturated heterocycles. The Balaban J connectivity index is 3.35. The van der Waals surface area contributed by atoms with E-state index in [2.05, 4.69) is 45.3 Å². The normalized spacial score (nSPS) is 12.4. The molecule has 0 aliphatic heterocycles. The van der Waals surface area contributed by atoms with E-state index in [-0.39, 0.29) is 0 Å². The quantitative estimate of drug-likeness (QED) is 0.587. The fraction of sp³-hybridized carbons (Fsp3) is 1.00. The van der Waals surface area contributed by atoms with Crippen molar-refractivity contribution < 1.29 is 0 Å². The minimum Gasteiger partial charge on any atom is -0.315 e. The van der Waals surface area contributed by atoms with E-state index in [9.17, 15) is 0 Å². The van der Waals surface area contributed by atoms with Crippen molar-refractivity contribution in [3.63, 3.8) is 0 Å². The summed E-state index contributed by atoms with van der Waals surface area (Å²) in [5.74, 6) is 0.735. The van der Waals surface area contributed by atoms with E-state index in [1.165, 1.54) is 6.42 Å². The topological polar surface area (TPSA) is 24.1 Å². The first-order valence-electron chi connectivity index (χ1n) is 5.92. The molecule has 0 aromatic carbocycles. The summed E-state index contributed by atoms with van der Waals surface area (Å²) in [6, 6.07) is 0. The average Bonchev–Trinajstić information content (AvgIpc) is 2.10. The number of hydrogen-bond acceptors (Lipinski definition) is 2. The molecular weight excluding hydrogens is 172 g/mol. The Bertz CT molecular complexity index is 130. The molecule has 86 valence electrons. The van der Waals surface area contributed by atoms with Gasteiger partial charge in [0.2, 0.25) is 0 Å². The maximum Gasteiger partial charge on any atom is 0.00769 e. The third-order valence-electron chi connectivity index (χ3n) is 3.05. The van der Waals surface area contributed by atoms with E-state index in [1.54, 1.807) is 0 Å². The monoisotopic (exact) mass is 200 g/mol. The molecule has 0 aromatic heterocycles. The molecule has 0 fully saturated rings. The first kappa shape index (κ1) is 13.9. The van der Waals surface area contributed by atoms with Crippen molar-refractivity contribution in [3.05, 3.63) is 0 Å². The fourth-order valence-electron chi connectivity index (χ4n) is 1.09. The van der Waals surface area contributed by atoms with Gasteiger partial charge >= 0.3 is 0 Å². The maximum absolute atomic E-state index is 3.50. The summed E-state index contributed by atoms with van der Waals surface area (Å²) in [7, 11) is 0. The first-order chi connectivity index (χ1) is 6.50. The lowest BCUT2D eigenvalue weighted by Crippen LogP contribution is -2.37. The van der Waals surface area contributed by atoms with E-state index in [0.717, 1.165) is 32.1 Å². The zero-order chi connectivity index (χ0) is 11.0. The van der Waals surface area contributed by atoms with Crippen LogP contribution in [0.15, 0.2) is 0 Å². The van der Waals surface area contributed by atoms with Gasteiger partial charge in [0.25, 0.3) is 0 Å². The molecule has 0 radical (unpaired) electrons. The number of rotatable bonds is 8. The lowest BCUT2D eigenvalue weighted by Gasteiger charge is -2.29. The molecule has 0 aliphatic rings. The van der Waals surface area contributed by atoms with Gasteiger partial charge in [0.15, 0.2) is 0 Å². The SMILES string of the molecule is CCCNCCNCC(C)(C)C(C)C. The highest BCUT2D eigenvalue weighted by Gasteiger charge is 2.21. The molecular formula is C12H28N2. The Morgan fingerprint density at radius 2 is 1.57 bits per heavy atom. The van der Waals surface area contributed by atoms with Crippen LogP contribution < -0.4 is 10.6 Å².